The fourth-order valence-electron chi connectivity index (χ4n) is 2.17. The Morgan fingerprint density at radius 3 is 2.53 bits per heavy atom. The molecule has 0 spiro atoms. The van der Waals surface area contributed by atoms with Crippen molar-refractivity contribution in [3.05, 3.63) is 34.9 Å². The maximum absolute atomic E-state index is 12.0. The van der Waals surface area contributed by atoms with E-state index in [0.29, 0.717) is 5.96 Å². The molecule has 0 bridgehead atoms. The molecule has 0 aromatic heterocycles. The number of carbonyl (C=O) groups excluding carboxylic acids is 1. The van der Waals surface area contributed by atoms with Gasteiger partial charge < -0.3 is 5.32 Å². The number of amides is 1. The molecule has 1 aliphatic rings. The van der Waals surface area contributed by atoms with Gasteiger partial charge in [-0.3, -0.25) is 10.1 Å². The summed E-state index contributed by atoms with van der Waals surface area (Å²) in [6.45, 7) is 10.2. The second-order valence-electron chi connectivity index (χ2n) is 6.10. The minimum Gasteiger partial charge on any atom is -0.351 e. The average Bonchev–Trinajstić information content (AvgIpc) is 2.56. The zero-order chi connectivity index (χ0) is 14.2. The zero-order valence-electron chi connectivity index (χ0n) is 12.2. The number of nitrogens with one attached hydrogen (secondary N) is 2. The van der Waals surface area contributed by atoms with E-state index in [-0.39, 0.29) is 11.4 Å². The van der Waals surface area contributed by atoms with E-state index in [4.69, 9.17) is 0 Å². The summed E-state index contributed by atoms with van der Waals surface area (Å²) >= 11 is 0. The molecule has 1 aliphatic heterocycles. The van der Waals surface area contributed by atoms with Crippen molar-refractivity contribution >= 4 is 11.9 Å². The SMILES string of the molecule is Cc1ccc(C2N=C(NC(C)(C)C)NC2=O)c(C)c1. The molecule has 0 radical (unpaired) electrons. The number of carbonyl (C=O) groups is 1. The van der Waals surface area contributed by atoms with Gasteiger partial charge in [-0.2, -0.15) is 0 Å². The Morgan fingerprint density at radius 2 is 1.95 bits per heavy atom. The largest absolute Gasteiger partial charge is 0.351 e. The Hall–Kier alpha value is -1.84. The highest BCUT2D eigenvalue weighted by Gasteiger charge is 2.30. The van der Waals surface area contributed by atoms with E-state index in [1.165, 1.54) is 5.56 Å². The third kappa shape index (κ3) is 3.13. The molecular formula is C15H21N3O. The van der Waals surface area contributed by atoms with E-state index < -0.39 is 6.04 Å². The molecule has 0 saturated carbocycles. The number of hydrogen-bond acceptors (Lipinski definition) is 3. The summed E-state index contributed by atoms with van der Waals surface area (Å²) in [5.74, 6) is 0.487. The molecule has 0 saturated heterocycles. The first-order valence-corrected chi connectivity index (χ1v) is 6.50. The maximum Gasteiger partial charge on any atom is 0.256 e. The minimum absolute atomic E-state index is 0.0706. The predicted octanol–water partition coefficient (Wildman–Crippen LogP) is 2.22. The van der Waals surface area contributed by atoms with Crippen LogP contribution < -0.4 is 10.6 Å². The number of aliphatic imine (C=N–C) groups is 1. The van der Waals surface area contributed by atoms with Gasteiger partial charge >= 0.3 is 0 Å². The van der Waals surface area contributed by atoms with Crippen LogP contribution in [0.1, 0.15) is 43.5 Å². The first-order valence-electron chi connectivity index (χ1n) is 6.50. The lowest BCUT2D eigenvalue weighted by Gasteiger charge is -2.21. The first kappa shape index (κ1) is 13.6. The fourth-order valence-corrected chi connectivity index (χ4v) is 2.17. The van der Waals surface area contributed by atoms with Crippen LogP contribution in [0.15, 0.2) is 23.2 Å². The third-order valence-electron chi connectivity index (χ3n) is 2.96. The van der Waals surface area contributed by atoms with E-state index in [1.54, 1.807) is 0 Å². The number of aryl methyl sites for hydroxylation is 2. The molecular weight excluding hydrogens is 238 g/mol. The summed E-state index contributed by atoms with van der Waals surface area (Å²) < 4.78 is 0. The van der Waals surface area contributed by atoms with Crippen LogP contribution in [-0.4, -0.2) is 17.4 Å². The van der Waals surface area contributed by atoms with E-state index in [9.17, 15) is 4.79 Å². The lowest BCUT2D eigenvalue weighted by molar-refractivity contribution is -0.120. The van der Waals surface area contributed by atoms with E-state index in [1.807, 2.05) is 46.8 Å². The molecule has 1 amide bonds. The van der Waals surface area contributed by atoms with Gasteiger partial charge in [0.1, 0.15) is 0 Å². The first-order chi connectivity index (χ1) is 8.76. The molecule has 4 nitrogen and oxygen atoms in total. The molecule has 2 rings (SSSR count). The lowest BCUT2D eigenvalue weighted by atomic mass is 9.99. The normalized spacial score (nSPS) is 19.1. The van der Waals surface area contributed by atoms with Crippen LogP contribution in [0.2, 0.25) is 0 Å². The van der Waals surface area contributed by atoms with E-state index in [0.717, 1.165) is 11.1 Å². The van der Waals surface area contributed by atoms with Crippen LogP contribution in [-0.2, 0) is 4.79 Å². The standard InChI is InChI=1S/C15H21N3O/c1-9-6-7-11(10(2)8-9)12-13(19)17-14(16-12)18-15(3,4)5/h6-8,12H,1-5H3,(H2,16,17,18,19). The maximum atomic E-state index is 12.0. The third-order valence-corrected chi connectivity index (χ3v) is 2.96. The van der Waals surface area contributed by atoms with Gasteiger partial charge in [0.25, 0.3) is 5.91 Å². The molecule has 0 aliphatic carbocycles. The summed E-state index contributed by atoms with van der Waals surface area (Å²) in [5, 5.41) is 6.00. The van der Waals surface area contributed by atoms with Crippen LogP contribution in [0.5, 0.6) is 0 Å². The minimum atomic E-state index is -0.439. The Balaban J connectivity index is 2.27. The highest BCUT2D eigenvalue weighted by molar-refractivity contribution is 6.05. The topological polar surface area (TPSA) is 53.5 Å². The van der Waals surface area contributed by atoms with Gasteiger partial charge in [0.15, 0.2) is 12.0 Å². The van der Waals surface area contributed by atoms with Crippen molar-refractivity contribution in [2.75, 3.05) is 0 Å². The van der Waals surface area contributed by atoms with Crippen LogP contribution in [0, 0.1) is 13.8 Å². The van der Waals surface area contributed by atoms with Gasteiger partial charge in [-0.15, -0.1) is 0 Å². The molecule has 1 atom stereocenters. The van der Waals surface area contributed by atoms with Crippen molar-refractivity contribution < 1.29 is 4.79 Å². The Kier molecular flexibility index (Phi) is 3.35. The predicted molar refractivity (Wildman–Crippen MR) is 77.1 cm³/mol. The van der Waals surface area contributed by atoms with Gasteiger partial charge in [0, 0.05) is 5.54 Å². The van der Waals surface area contributed by atoms with Gasteiger partial charge in [0.2, 0.25) is 0 Å². The number of benzene rings is 1. The van der Waals surface area contributed by atoms with Crippen molar-refractivity contribution in [1.82, 2.24) is 10.6 Å². The van der Waals surface area contributed by atoms with Crippen LogP contribution in [0.25, 0.3) is 0 Å². The number of guanidine groups is 1. The second-order valence-corrected chi connectivity index (χ2v) is 6.10. The molecule has 1 unspecified atom stereocenters. The number of nitrogens with zero attached hydrogens (tertiary/aromatic N) is 1. The van der Waals surface area contributed by atoms with Crippen LogP contribution in [0.4, 0.5) is 0 Å². The Morgan fingerprint density at radius 1 is 1.26 bits per heavy atom. The summed E-state index contributed by atoms with van der Waals surface area (Å²) in [6.07, 6.45) is 0. The Labute approximate surface area is 114 Å². The van der Waals surface area contributed by atoms with Crippen LogP contribution >= 0.6 is 0 Å². The smallest absolute Gasteiger partial charge is 0.256 e. The molecule has 2 N–H and O–H groups in total. The van der Waals surface area contributed by atoms with E-state index in [2.05, 4.69) is 21.7 Å². The number of hydrogen-bond donors (Lipinski definition) is 2. The summed E-state index contributed by atoms with van der Waals surface area (Å²) in [6, 6.07) is 5.64. The molecule has 1 heterocycles. The van der Waals surface area contributed by atoms with E-state index >= 15 is 0 Å². The van der Waals surface area contributed by atoms with Crippen molar-refractivity contribution in [2.45, 2.75) is 46.2 Å². The molecule has 0 fully saturated rings. The fraction of sp³-hybridized carbons (Fsp3) is 0.467. The number of rotatable bonds is 1. The lowest BCUT2D eigenvalue weighted by Crippen LogP contribution is -2.46. The van der Waals surface area contributed by atoms with Crippen molar-refractivity contribution in [3.8, 4) is 0 Å². The molecule has 1 aromatic rings. The van der Waals surface area contributed by atoms with Crippen LogP contribution in [0.3, 0.4) is 0 Å². The summed E-state index contributed by atoms with van der Waals surface area (Å²) in [5.41, 5.74) is 3.13. The Bertz CT molecular complexity index is 541. The second kappa shape index (κ2) is 4.68. The van der Waals surface area contributed by atoms with Crippen molar-refractivity contribution in [2.24, 2.45) is 4.99 Å². The highest BCUT2D eigenvalue weighted by atomic mass is 16.2. The molecule has 19 heavy (non-hydrogen) atoms. The van der Waals surface area contributed by atoms with Gasteiger partial charge in [-0.05, 0) is 45.7 Å². The average molecular weight is 259 g/mol. The molecule has 102 valence electrons. The van der Waals surface area contributed by atoms with Crippen molar-refractivity contribution in [1.29, 1.82) is 0 Å². The van der Waals surface area contributed by atoms with Gasteiger partial charge in [-0.1, -0.05) is 23.8 Å². The summed E-state index contributed by atoms with van der Waals surface area (Å²) in [7, 11) is 0. The molecule has 1 aromatic carbocycles. The monoisotopic (exact) mass is 259 g/mol. The quantitative estimate of drug-likeness (QED) is 0.812. The highest BCUT2D eigenvalue weighted by Crippen LogP contribution is 2.25. The zero-order valence-corrected chi connectivity index (χ0v) is 12.2. The molecule has 4 heteroatoms. The summed E-state index contributed by atoms with van der Waals surface area (Å²) in [4.78, 5) is 16.5. The van der Waals surface area contributed by atoms with Gasteiger partial charge in [-0.25, -0.2) is 4.99 Å². The van der Waals surface area contributed by atoms with Crippen molar-refractivity contribution in [3.63, 3.8) is 0 Å². The van der Waals surface area contributed by atoms with Gasteiger partial charge in [0.05, 0.1) is 0 Å².